The lowest BCUT2D eigenvalue weighted by Gasteiger charge is -2.24. The van der Waals surface area contributed by atoms with E-state index in [0.717, 1.165) is 25.3 Å². The van der Waals surface area contributed by atoms with E-state index in [1.807, 2.05) is 13.1 Å². The summed E-state index contributed by atoms with van der Waals surface area (Å²) in [6, 6.07) is 6.18. The lowest BCUT2D eigenvalue weighted by atomic mass is 10.2. The number of nitriles is 1. The fourth-order valence-corrected chi connectivity index (χ4v) is 1.84. The molecule has 86 valence electrons. The van der Waals surface area contributed by atoms with Crippen LogP contribution < -0.4 is 10.2 Å². The van der Waals surface area contributed by atoms with E-state index >= 15 is 0 Å². The second-order valence-corrected chi connectivity index (χ2v) is 3.77. The minimum Gasteiger partial charge on any atom is -0.355 e. The number of hydrogen-bond acceptors (Lipinski definition) is 4. The van der Waals surface area contributed by atoms with Crippen molar-refractivity contribution in [2.24, 2.45) is 0 Å². The highest BCUT2D eigenvalue weighted by Gasteiger charge is 2.20. The van der Waals surface area contributed by atoms with Crippen molar-refractivity contribution in [2.45, 2.75) is 12.5 Å². The Hall–Kier alpha value is -1.31. The molecule has 16 heavy (non-hydrogen) atoms. The lowest BCUT2D eigenvalue weighted by Crippen LogP contribution is -2.33. The van der Waals surface area contributed by atoms with Crippen LogP contribution in [-0.4, -0.2) is 31.2 Å². The first-order valence-electron chi connectivity index (χ1n) is 5.11. The fraction of sp³-hybridized carbons (Fsp3) is 0.455. The smallest absolute Gasteiger partial charge is 0.129 e. The van der Waals surface area contributed by atoms with E-state index in [-0.39, 0.29) is 12.4 Å². The van der Waals surface area contributed by atoms with Crippen molar-refractivity contribution in [1.82, 2.24) is 10.3 Å². The van der Waals surface area contributed by atoms with E-state index in [2.05, 4.69) is 21.3 Å². The summed E-state index contributed by atoms with van der Waals surface area (Å²) in [4.78, 5) is 6.42. The van der Waals surface area contributed by atoms with Crippen molar-refractivity contribution >= 4 is 18.2 Å². The van der Waals surface area contributed by atoms with Gasteiger partial charge in [-0.1, -0.05) is 0 Å². The maximum absolute atomic E-state index is 8.80. The minimum absolute atomic E-state index is 0. The molecule has 1 aromatic heterocycles. The number of likely N-dealkylation sites (N-methyl/N-ethyl adjacent to an activating group) is 1. The van der Waals surface area contributed by atoms with E-state index in [4.69, 9.17) is 5.26 Å². The molecule has 0 amide bonds. The zero-order valence-corrected chi connectivity index (χ0v) is 10.00. The average molecular weight is 239 g/mol. The molecule has 2 rings (SSSR count). The first kappa shape index (κ1) is 12.8. The molecular weight excluding hydrogens is 224 g/mol. The summed E-state index contributed by atoms with van der Waals surface area (Å²) >= 11 is 0. The molecule has 1 aliphatic rings. The van der Waals surface area contributed by atoms with Crippen LogP contribution in [0.2, 0.25) is 0 Å². The minimum atomic E-state index is 0. The molecule has 1 saturated heterocycles. The summed E-state index contributed by atoms with van der Waals surface area (Å²) < 4.78 is 0. The zero-order valence-electron chi connectivity index (χ0n) is 9.18. The summed E-state index contributed by atoms with van der Waals surface area (Å²) in [5.41, 5.74) is 0.665. The van der Waals surface area contributed by atoms with Gasteiger partial charge in [-0.3, -0.25) is 0 Å². The predicted octanol–water partition coefficient (Wildman–Crippen LogP) is 1.17. The largest absolute Gasteiger partial charge is 0.355 e. The predicted molar refractivity (Wildman–Crippen MR) is 65.9 cm³/mol. The number of nitrogens with zero attached hydrogens (tertiary/aromatic N) is 3. The Morgan fingerprint density at radius 2 is 2.44 bits per heavy atom. The van der Waals surface area contributed by atoms with Gasteiger partial charge in [-0.2, -0.15) is 5.26 Å². The van der Waals surface area contributed by atoms with Crippen LogP contribution in [0.4, 0.5) is 5.82 Å². The van der Waals surface area contributed by atoms with Gasteiger partial charge in [-0.05, 0) is 25.1 Å². The Labute approximate surface area is 102 Å². The average Bonchev–Trinajstić information content (AvgIpc) is 2.81. The molecule has 5 heteroatoms. The summed E-state index contributed by atoms with van der Waals surface area (Å²) in [6.45, 7) is 2.06. The molecule has 0 radical (unpaired) electrons. The molecule has 1 atom stereocenters. The third-order valence-corrected chi connectivity index (χ3v) is 2.82. The van der Waals surface area contributed by atoms with Crippen molar-refractivity contribution in [3.8, 4) is 6.07 Å². The molecule has 2 heterocycles. The second kappa shape index (κ2) is 5.69. The van der Waals surface area contributed by atoms with Crippen molar-refractivity contribution in [3.05, 3.63) is 23.9 Å². The van der Waals surface area contributed by atoms with E-state index < -0.39 is 0 Å². The molecule has 0 spiro atoms. The van der Waals surface area contributed by atoms with Gasteiger partial charge in [0.1, 0.15) is 5.82 Å². The number of nitrogens with one attached hydrogen (secondary N) is 1. The van der Waals surface area contributed by atoms with Gasteiger partial charge in [-0.15, -0.1) is 12.4 Å². The Morgan fingerprint density at radius 1 is 1.62 bits per heavy atom. The zero-order chi connectivity index (χ0) is 10.7. The molecule has 1 aliphatic heterocycles. The highest BCUT2D eigenvalue weighted by atomic mass is 35.5. The summed E-state index contributed by atoms with van der Waals surface area (Å²) in [6.07, 6.45) is 2.82. The Balaban J connectivity index is 0.00000128. The maximum atomic E-state index is 8.80. The van der Waals surface area contributed by atoms with Crippen LogP contribution in [0.3, 0.4) is 0 Å². The molecule has 1 aromatic rings. The van der Waals surface area contributed by atoms with Crippen LogP contribution in [0, 0.1) is 11.3 Å². The number of rotatable bonds is 2. The van der Waals surface area contributed by atoms with Crippen molar-refractivity contribution in [2.75, 3.05) is 25.0 Å². The standard InChI is InChI=1S/C11H14N4.ClH/c1-15(10-3-4-13-8-10)11-6-9(7-12)2-5-14-11;/h2,5-6,10,13H,3-4,8H2,1H3;1H/t10-;/m1./s1. The monoisotopic (exact) mass is 238 g/mol. The number of hydrogen-bond donors (Lipinski definition) is 1. The molecule has 0 bridgehead atoms. The quantitative estimate of drug-likeness (QED) is 0.841. The molecular formula is C11H15ClN4. The van der Waals surface area contributed by atoms with Gasteiger partial charge in [0.25, 0.3) is 0 Å². The summed E-state index contributed by atoms with van der Waals surface area (Å²) in [7, 11) is 2.03. The molecule has 4 nitrogen and oxygen atoms in total. The van der Waals surface area contributed by atoms with Crippen LogP contribution in [0.5, 0.6) is 0 Å². The first-order chi connectivity index (χ1) is 7.31. The van der Waals surface area contributed by atoms with Gasteiger partial charge in [0.15, 0.2) is 0 Å². The summed E-state index contributed by atoms with van der Waals surface area (Å²) in [5, 5.41) is 12.1. The molecule has 0 saturated carbocycles. The molecule has 0 unspecified atom stereocenters. The maximum Gasteiger partial charge on any atom is 0.129 e. The molecule has 1 N–H and O–H groups in total. The van der Waals surface area contributed by atoms with E-state index in [0.29, 0.717) is 11.6 Å². The Kier molecular flexibility index (Phi) is 4.53. The van der Waals surface area contributed by atoms with Gasteiger partial charge >= 0.3 is 0 Å². The normalized spacial score (nSPS) is 18.6. The van der Waals surface area contributed by atoms with Gasteiger partial charge in [0.05, 0.1) is 11.6 Å². The van der Waals surface area contributed by atoms with Crippen LogP contribution in [0.15, 0.2) is 18.3 Å². The molecule has 0 aliphatic carbocycles. The first-order valence-corrected chi connectivity index (χ1v) is 5.11. The van der Waals surface area contributed by atoms with E-state index in [1.54, 1.807) is 12.3 Å². The third kappa shape index (κ3) is 2.63. The van der Waals surface area contributed by atoms with E-state index in [1.165, 1.54) is 0 Å². The number of anilines is 1. The fourth-order valence-electron chi connectivity index (χ4n) is 1.84. The second-order valence-electron chi connectivity index (χ2n) is 3.77. The van der Waals surface area contributed by atoms with Gasteiger partial charge in [-0.25, -0.2) is 4.98 Å². The van der Waals surface area contributed by atoms with Crippen LogP contribution in [-0.2, 0) is 0 Å². The highest BCUT2D eigenvalue weighted by Crippen LogP contribution is 2.16. The van der Waals surface area contributed by atoms with Gasteiger partial charge < -0.3 is 10.2 Å². The lowest BCUT2D eigenvalue weighted by molar-refractivity contribution is 0.678. The van der Waals surface area contributed by atoms with Crippen molar-refractivity contribution in [3.63, 3.8) is 0 Å². The number of aromatic nitrogens is 1. The third-order valence-electron chi connectivity index (χ3n) is 2.82. The van der Waals surface area contributed by atoms with Gasteiger partial charge in [0.2, 0.25) is 0 Å². The van der Waals surface area contributed by atoms with Crippen LogP contribution in [0.25, 0.3) is 0 Å². The van der Waals surface area contributed by atoms with Crippen molar-refractivity contribution < 1.29 is 0 Å². The molecule has 0 aromatic carbocycles. The molecule has 1 fully saturated rings. The van der Waals surface area contributed by atoms with E-state index in [9.17, 15) is 0 Å². The van der Waals surface area contributed by atoms with Crippen molar-refractivity contribution in [1.29, 1.82) is 5.26 Å². The van der Waals surface area contributed by atoms with Gasteiger partial charge in [0, 0.05) is 25.8 Å². The van der Waals surface area contributed by atoms with Crippen LogP contribution in [0.1, 0.15) is 12.0 Å². The number of halogens is 1. The SMILES string of the molecule is CN(c1cc(C#N)ccn1)[C@@H]1CCNC1.Cl. The number of pyridine rings is 1. The summed E-state index contributed by atoms with van der Waals surface area (Å²) in [5.74, 6) is 0.878. The highest BCUT2D eigenvalue weighted by molar-refractivity contribution is 5.85. The topological polar surface area (TPSA) is 52.0 Å². The Morgan fingerprint density at radius 3 is 3.06 bits per heavy atom. The van der Waals surface area contributed by atoms with Crippen LogP contribution >= 0.6 is 12.4 Å². The Bertz CT molecular complexity index is 382.